The molecule has 0 bridgehead atoms. The molecule has 1 amide bonds. The van der Waals surface area contributed by atoms with E-state index >= 15 is 0 Å². The lowest BCUT2D eigenvalue weighted by Crippen LogP contribution is -2.30. The summed E-state index contributed by atoms with van der Waals surface area (Å²) in [6, 6.07) is 8.85. The molecule has 0 spiro atoms. The highest BCUT2D eigenvalue weighted by molar-refractivity contribution is 7.90. The van der Waals surface area contributed by atoms with E-state index in [4.69, 9.17) is 9.15 Å². The number of imidazole rings is 1. The molecule has 0 saturated carbocycles. The van der Waals surface area contributed by atoms with Crippen molar-refractivity contribution in [1.29, 1.82) is 0 Å². The van der Waals surface area contributed by atoms with E-state index in [0.29, 0.717) is 48.6 Å². The Labute approximate surface area is 259 Å². The van der Waals surface area contributed by atoms with Crippen LogP contribution in [0.1, 0.15) is 76.5 Å². The number of pyridine rings is 1. The maximum Gasteiger partial charge on any atom is 0.272 e. The highest BCUT2D eigenvalue weighted by atomic mass is 32.2. The van der Waals surface area contributed by atoms with E-state index in [1.807, 2.05) is 31.2 Å². The smallest absolute Gasteiger partial charge is 0.272 e. The number of fused-ring (bicyclic) bond motifs is 2. The Morgan fingerprint density at radius 2 is 2.02 bits per heavy atom. The molecule has 234 valence electrons. The Kier molecular flexibility index (Phi) is 8.48. The molecule has 5 heterocycles. The predicted molar refractivity (Wildman–Crippen MR) is 164 cm³/mol. The van der Waals surface area contributed by atoms with Crippen molar-refractivity contribution in [3.05, 3.63) is 77.8 Å². The molecule has 45 heavy (non-hydrogen) atoms. The molecule has 5 aromatic rings. The van der Waals surface area contributed by atoms with Crippen molar-refractivity contribution in [2.75, 3.05) is 12.9 Å². The van der Waals surface area contributed by atoms with E-state index < -0.39 is 21.8 Å². The van der Waals surface area contributed by atoms with Gasteiger partial charge in [0.2, 0.25) is 5.78 Å². The number of nitrogens with zero attached hydrogens (tertiary/aromatic N) is 5. The average molecular weight is 632 g/mol. The maximum absolute atomic E-state index is 13.4. The van der Waals surface area contributed by atoms with Crippen LogP contribution >= 0.6 is 0 Å². The van der Waals surface area contributed by atoms with E-state index in [1.165, 1.54) is 18.5 Å². The minimum Gasteiger partial charge on any atom is -0.496 e. The van der Waals surface area contributed by atoms with Gasteiger partial charge in [-0.2, -0.15) is 5.10 Å². The van der Waals surface area contributed by atoms with Crippen molar-refractivity contribution in [2.24, 2.45) is 0 Å². The number of nitrogens with one attached hydrogen (secondary N) is 2. The SMILES string of the molecule is COc1cc2nc(C)ccc2cc1-c1cnc([C@H](CCCCCC(=O)c2ncco2)NC(=O)c2cc3n(n2)CCS(=O)(=O)C3)[nH]1. The Hall–Kier alpha value is -4.85. The highest BCUT2D eigenvalue weighted by Gasteiger charge is 2.27. The first-order chi connectivity index (χ1) is 21.7. The molecule has 1 atom stereocenters. The first-order valence-corrected chi connectivity index (χ1v) is 16.5. The summed E-state index contributed by atoms with van der Waals surface area (Å²) in [5, 5.41) is 8.35. The number of hydrogen-bond donors (Lipinski definition) is 2. The van der Waals surface area contributed by atoms with Crippen molar-refractivity contribution in [3.8, 4) is 17.0 Å². The first-order valence-electron chi connectivity index (χ1n) is 14.7. The fourth-order valence-corrected chi connectivity index (χ4v) is 6.75. The fourth-order valence-electron chi connectivity index (χ4n) is 5.47. The van der Waals surface area contributed by atoms with Crippen LogP contribution in [-0.4, -0.2) is 62.7 Å². The van der Waals surface area contributed by atoms with Crippen LogP contribution in [-0.2, 0) is 22.1 Å². The number of Topliss-reactive ketones (excluding diaryl/α,β-unsaturated/α-hetero) is 1. The standard InChI is InChI=1S/C31H33N7O6S/c1-19-8-9-20-14-22(28(43-2)16-24(20)34-19)26-17-33-29(35-26)23(6-4-3-5-7-27(39)31-32-10-12-44-31)36-30(40)25-15-21-18-45(41,42)13-11-38(21)37-25/h8-10,12,14-17,23H,3-7,11,13,18H2,1-2H3,(H,33,35)(H,36,40)/t23-/m0/s1. The monoisotopic (exact) mass is 631 g/mol. The van der Waals surface area contributed by atoms with Gasteiger partial charge in [-0.05, 0) is 38.0 Å². The van der Waals surface area contributed by atoms with Gasteiger partial charge in [0.25, 0.3) is 11.8 Å². The number of unbranched alkanes of at least 4 members (excludes halogenated alkanes) is 2. The number of aryl methyl sites for hydroxylation is 2. The number of rotatable bonds is 12. The molecule has 2 N–H and O–H groups in total. The van der Waals surface area contributed by atoms with Crippen LogP contribution in [0, 0.1) is 6.92 Å². The van der Waals surface area contributed by atoms with Crippen molar-refractivity contribution in [1.82, 2.24) is 35.0 Å². The second-order valence-electron chi connectivity index (χ2n) is 11.1. The van der Waals surface area contributed by atoms with Crippen LogP contribution in [0.3, 0.4) is 0 Å². The van der Waals surface area contributed by atoms with Crippen LogP contribution in [0.4, 0.5) is 0 Å². The number of carbonyl (C=O) groups is 2. The third-order valence-corrected chi connectivity index (χ3v) is 9.36. The zero-order chi connectivity index (χ0) is 31.6. The minimum absolute atomic E-state index is 0.00702. The summed E-state index contributed by atoms with van der Waals surface area (Å²) in [6.07, 6.45) is 7.42. The Morgan fingerprint density at radius 3 is 2.82 bits per heavy atom. The molecule has 13 nitrogen and oxygen atoms in total. The highest BCUT2D eigenvalue weighted by Crippen LogP contribution is 2.34. The zero-order valence-electron chi connectivity index (χ0n) is 24.9. The van der Waals surface area contributed by atoms with Gasteiger partial charge in [-0.1, -0.05) is 18.9 Å². The van der Waals surface area contributed by atoms with E-state index in [0.717, 1.165) is 28.6 Å². The van der Waals surface area contributed by atoms with Crippen LogP contribution in [0.25, 0.3) is 22.2 Å². The summed E-state index contributed by atoms with van der Waals surface area (Å²) >= 11 is 0. The first kappa shape index (κ1) is 30.2. The van der Waals surface area contributed by atoms with Gasteiger partial charge < -0.3 is 19.5 Å². The van der Waals surface area contributed by atoms with Crippen LogP contribution in [0.15, 0.2) is 53.4 Å². The van der Waals surface area contributed by atoms with Crippen molar-refractivity contribution >= 4 is 32.4 Å². The van der Waals surface area contributed by atoms with Crippen LogP contribution < -0.4 is 10.1 Å². The van der Waals surface area contributed by atoms with E-state index in [-0.39, 0.29) is 35.4 Å². The molecule has 0 unspecified atom stereocenters. The lowest BCUT2D eigenvalue weighted by molar-refractivity contribution is 0.0925. The molecule has 0 saturated heterocycles. The van der Waals surface area contributed by atoms with Crippen LogP contribution in [0.2, 0.25) is 0 Å². The van der Waals surface area contributed by atoms with Gasteiger partial charge in [0.15, 0.2) is 9.84 Å². The normalized spacial score (nSPS) is 14.6. The Bertz CT molecular complexity index is 1960. The maximum atomic E-state index is 13.4. The number of hydrogen-bond acceptors (Lipinski definition) is 10. The number of H-pyrrole nitrogens is 1. The second-order valence-corrected chi connectivity index (χ2v) is 13.3. The molecule has 0 fully saturated rings. The number of methoxy groups -OCH3 is 1. The fraction of sp³-hybridized carbons (Fsp3) is 0.355. The van der Waals surface area contributed by atoms with Gasteiger partial charge >= 0.3 is 0 Å². The molecular formula is C31H33N7O6S. The van der Waals surface area contributed by atoms with Crippen molar-refractivity contribution in [2.45, 2.75) is 57.4 Å². The van der Waals surface area contributed by atoms with Gasteiger partial charge in [-0.3, -0.25) is 19.3 Å². The van der Waals surface area contributed by atoms with E-state index in [1.54, 1.807) is 18.0 Å². The third-order valence-electron chi connectivity index (χ3n) is 7.82. The van der Waals surface area contributed by atoms with Crippen molar-refractivity contribution in [3.63, 3.8) is 0 Å². The Morgan fingerprint density at radius 1 is 1.16 bits per heavy atom. The Balaban J connectivity index is 1.21. The summed E-state index contributed by atoms with van der Waals surface area (Å²) in [5.41, 5.74) is 3.87. The van der Waals surface area contributed by atoms with Gasteiger partial charge in [-0.15, -0.1) is 0 Å². The molecule has 14 heteroatoms. The average Bonchev–Trinajstić information content (AvgIpc) is 3.80. The molecule has 1 aliphatic heterocycles. The quantitative estimate of drug-likeness (QED) is 0.149. The number of aromatic amines is 1. The minimum atomic E-state index is -3.21. The largest absolute Gasteiger partial charge is 0.496 e. The number of carbonyl (C=O) groups excluding carboxylic acids is 2. The van der Waals surface area contributed by atoms with Crippen LogP contribution in [0.5, 0.6) is 5.75 Å². The molecule has 0 aliphatic carbocycles. The molecule has 1 aliphatic rings. The molecule has 0 radical (unpaired) electrons. The summed E-state index contributed by atoms with van der Waals surface area (Å²) in [7, 11) is -1.61. The molecule has 1 aromatic carbocycles. The number of oxazole rings is 1. The number of ketones is 1. The van der Waals surface area contributed by atoms with Gasteiger partial charge in [-0.25, -0.2) is 18.4 Å². The third kappa shape index (κ3) is 6.80. The second kappa shape index (κ2) is 12.6. The lowest BCUT2D eigenvalue weighted by atomic mass is 10.0. The summed E-state index contributed by atoms with van der Waals surface area (Å²) in [6.45, 7) is 2.15. The number of amides is 1. The predicted octanol–water partition coefficient (Wildman–Crippen LogP) is 4.36. The number of sulfone groups is 1. The molecule has 6 rings (SSSR count). The zero-order valence-corrected chi connectivity index (χ0v) is 25.8. The summed E-state index contributed by atoms with van der Waals surface area (Å²) < 4.78 is 36.5. The van der Waals surface area contributed by atoms with Gasteiger partial charge in [0, 0.05) is 29.1 Å². The number of benzene rings is 1. The lowest BCUT2D eigenvalue weighted by Gasteiger charge is -2.16. The van der Waals surface area contributed by atoms with Crippen molar-refractivity contribution < 1.29 is 27.2 Å². The van der Waals surface area contributed by atoms with Gasteiger partial charge in [0.05, 0.1) is 60.5 Å². The number of aromatic nitrogens is 6. The molecule has 4 aromatic heterocycles. The van der Waals surface area contributed by atoms with Gasteiger partial charge in [0.1, 0.15) is 23.5 Å². The van der Waals surface area contributed by atoms with E-state index in [9.17, 15) is 18.0 Å². The number of ether oxygens (including phenoxy) is 1. The summed E-state index contributed by atoms with van der Waals surface area (Å²) in [5.74, 6) is 0.548. The topological polar surface area (TPSA) is 175 Å². The van der Waals surface area contributed by atoms with E-state index in [2.05, 4.69) is 30.4 Å². The molecular weight excluding hydrogens is 598 g/mol. The summed E-state index contributed by atoms with van der Waals surface area (Å²) in [4.78, 5) is 42.2.